The van der Waals surface area contributed by atoms with E-state index in [1.54, 1.807) is 36.3 Å². The van der Waals surface area contributed by atoms with Crippen LogP contribution < -0.4 is 10.1 Å². The summed E-state index contributed by atoms with van der Waals surface area (Å²) in [4.78, 5) is 21.6. The number of benzene rings is 1. The Morgan fingerprint density at radius 2 is 1.88 bits per heavy atom. The Morgan fingerprint density at radius 3 is 2.59 bits per heavy atom. The number of anilines is 2. The molecule has 0 bridgehead atoms. The highest BCUT2D eigenvalue weighted by molar-refractivity contribution is 5.97. The van der Waals surface area contributed by atoms with Crippen LogP contribution in [0.25, 0.3) is 22.7 Å². The van der Waals surface area contributed by atoms with Crippen molar-refractivity contribution in [2.45, 2.75) is 20.8 Å². The number of methoxy groups -OCH3 is 1. The fraction of sp³-hybridized carbons (Fsp3) is 0.167. The molecule has 1 N–H and O–H groups in total. The number of ether oxygens (including phenoxy) is 1. The van der Waals surface area contributed by atoms with Gasteiger partial charge in [0.05, 0.1) is 29.4 Å². The van der Waals surface area contributed by atoms with Gasteiger partial charge in [0.1, 0.15) is 12.1 Å². The van der Waals surface area contributed by atoms with Crippen molar-refractivity contribution < 1.29 is 9.53 Å². The summed E-state index contributed by atoms with van der Waals surface area (Å²) in [6, 6.07) is 14.9. The van der Waals surface area contributed by atoms with Gasteiger partial charge in [0.2, 0.25) is 5.88 Å². The van der Waals surface area contributed by atoms with E-state index in [-0.39, 0.29) is 5.78 Å². The third-order valence-corrected chi connectivity index (χ3v) is 5.38. The Balaban J connectivity index is 1.55. The van der Waals surface area contributed by atoms with Gasteiger partial charge in [-0.3, -0.25) is 9.36 Å². The first kappa shape index (κ1) is 21.3. The first-order valence-electron chi connectivity index (χ1n) is 10.6. The SMILES string of the molecule is COc1cc(C)n(-c2nc(-n3cnc4cc(Nc5ccc(C)nn5)ccc43)ccc2C(C)=O)n1. The standard InChI is InChI=1S/C24H22N8O2/c1-14-5-9-21(29-28-14)26-17-6-8-20-19(12-17)25-13-31(20)22-10-7-18(16(3)33)24(27-22)32-15(2)11-23(30-32)34-4/h5-13H,1-4H3,(H,26,29). The molecule has 34 heavy (non-hydrogen) atoms. The average molecular weight is 454 g/mol. The lowest BCUT2D eigenvalue weighted by atomic mass is 10.2. The van der Waals surface area contributed by atoms with Crippen LogP contribution in [0.15, 0.2) is 54.9 Å². The predicted molar refractivity (Wildman–Crippen MR) is 127 cm³/mol. The van der Waals surface area contributed by atoms with Crippen molar-refractivity contribution in [2.24, 2.45) is 0 Å². The molecule has 4 heterocycles. The molecule has 4 aromatic heterocycles. The van der Waals surface area contributed by atoms with E-state index >= 15 is 0 Å². The fourth-order valence-electron chi connectivity index (χ4n) is 3.66. The van der Waals surface area contributed by atoms with E-state index in [2.05, 4.69) is 25.6 Å². The minimum absolute atomic E-state index is 0.103. The lowest BCUT2D eigenvalue weighted by Crippen LogP contribution is -2.11. The zero-order chi connectivity index (χ0) is 23.8. The number of hydrogen-bond donors (Lipinski definition) is 1. The maximum absolute atomic E-state index is 12.3. The minimum atomic E-state index is -0.103. The molecule has 0 spiro atoms. The first-order chi connectivity index (χ1) is 16.4. The number of carbonyl (C=O) groups excluding carboxylic acids is 1. The molecular formula is C24H22N8O2. The molecule has 0 amide bonds. The van der Waals surface area contributed by atoms with Crippen molar-refractivity contribution in [3.63, 3.8) is 0 Å². The largest absolute Gasteiger partial charge is 0.480 e. The summed E-state index contributed by atoms with van der Waals surface area (Å²) in [5, 5.41) is 15.9. The smallest absolute Gasteiger partial charge is 0.233 e. The van der Waals surface area contributed by atoms with Crippen LogP contribution in [0.3, 0.4) is 0 Å². The summed E-state index contributed by atoms with van der Waals surface area (Å²) in [5.74, 6) is 2.05. The van der Waals surface area contributed by atoms with Crippen LogP contribution in [0.1, 0.15) is 28.7 Å². The summed E-state index contributed by atoms with van der Waals surface area (Å²) in [6.07, 6.45) is 1.70. The first-order valence-corrected chi connectivity index (χ1v) is 10.6. The number of aromatic nitrogens is 7. The molecule has 0 radical (unpaired) electrons. The number of ketones is 1. The Hall–Kier alpha value is -4.60. The zero-order valence-corrected chi connectivity index (χ0v) is 19.1. The molecule has 0 saturated carbocycles. The molecule has 5 aromatic rings. The molecule has 5 rings (SSSR count). The summed E-state index contributed by atoms with van der Waals surface area (Å²) >= 11 is 0. The lowest BCUT2D eigenvalue weighted by Gasteiger charge is -2.11. The van der Waals surface area contributed by atoms with Gasteiger partial charge >= 0.3 is 0 Å². The van der Waals surface area contributed by atoms with Crippen molar-refractivity contribution in [3.8, 4) is 17.5 Å². The minimum Gasteiger partial charge on any atom is -0.480 e. The number of aryl methyl sites for hydroxylation is 2. The highest BCUT2D eigenvalue weighted by Crippen LogP contribution is 2.25. The second-order valence-corrected chi connectivity index (χ2v) is 7.84. The number of hydrogen-bond acceptors (Lipinski definition) is 8. The van der Waals surface area contributed by atoms with Crippen LogP contribution in [0.5, 0.6) is 5.88 Å². The van der Waals surface area contributed by atoms with Crippen molar-refractivity contribution >= 4 is 28.3 Å². The van der Waals surface area contributed by atoms with Crippen LogP contribution in [-0.2, 0) is 0 Å². The number of nitrogens with one attached hydrogen (secondary N) is 1. The number of rotatable bonds is 6. The van der Waals surface area contributed by atoms with Gasteiger partial charge in [-0.15, -0.1) is 10.2 Å². The van der Waals surface area contributed by atoms with Gasteiger partial charge in [-0.05, 0) is 63.2 Å². The highest BCUT2D eigenvalue weighted by Gasteiger charge is 2.17. The third kappa shape index (κ3) is 3.85. The summed E-state index contributed by atoms with van der Waals surface area (Å²) in [6.45, 7) is 5.28. The molecule has 0 saturated heterocycles. The van der Waals surface area contributed by atoms with Gasteiger partial charge < -0.3 is 10.1 Å². The van der Waals surface area contributed by atoms with Gasteiger partial charge in [-0.2, -0.15) is 5.10 Å². The Bertz CT molecular complexity index is 1520. The van der Waals surface area contributed by atoms with Crippen molar-refractivity contribution in [1.82, 2.24) is 34.5 Å². The topological polar surface area (TPSA) is 113 Å². The summed E-state index contributed by atoms with van der Waals surface area (Å²) in [5.41, 5.74) is 4.61. The normalized spacial score (nSPS) is 11.1. The molecule has 170 valence electrons. The highest BCUT2D eigenvalue weighted by atomic mass is 16.5. The molecule has 0 fully saturated rings. The van der Waals surface area contributed by atoms with Crippen molar-refractivity contribution in [1.29, 1.82) is 0 Å². The quantitative estimate of drug-likeness (QED) is 0.384. The van der Waals surface area contributed by atoms with Crippen LogP contribution in [-0.4, -0.2) is 47.4 Å². The molecular weight excluding hydrogens is 432 g/mol. The van der Waals surface area contributed by atoms with E-state index in [1.807, 2.05) is 48.7 Å². The summed E-state index contributed by atoms with van der Waals surface area (Å²) in [7, 11) is 1.55. The maximum atomic E-state index is 12.3. The van der Waals surface area contributed by atoms with Crippen LogP contribution in [0, 0.1) is 13.8 Å². The van der Waals surface area contributed by atoms with Crippen molar-refractivity contribution in [3.05, 3.63) is 71.8 Å². The predicted octanol–water partition coefficient (Wildman–Crippen LogP) is 3.97. The summed E-state index contributed by atoms with van der Waals surface area (Å²) < 4.78 is 8.73. The number of Topliss-reactive ketones (excluding diaryl/α,β-unsaturated/α-hetero) is 1. The molecule has 1 aromatic carbocycles. The monoisotopic (exact) mass is 454 g/mol. The second-order valence-electron chi connectivity index (χ2n) is 7.84. The number of fused-ring (bicyclic) bond motifs is 1. The molecule has 0 atom stereocenters. The molecule has 0 aliphatic heterocycles. The number of carbonyl (C=O) groups is 1. The lowest BCUT2D eigenvalue weighted by molar-refractivity contribution is 0.101. The van der Waals surface area contributed by atoms with Gasteiger partial charge in [0.25, 0.3) is 0 Å². The van der Waals surface area contributed by atoms with E-state index < -0.39 is 0 Å². The average Bonchev–Trinajstić information content (AvgIpc) is 3.43. The number of nitrogens with zero attached hydrogens (tertiary/aromatic N) is 7. The molecule has 0 aliphatic rings. The molecule has 0 unspecified atom stereocenters. The number of imidazole rings is 1. The van der Waals surface area contributed by atoms with Crippen LogP contribution in [0.4, 0.5) is 11.5 Å². The molecule has 10 nitrogen and oxygen atoms in total. The Morgan fingerprint density at radius 1 is 1.03 bits per heavy atom. The Kier molecular flexibility index (Phi) is 5.25. The molecule has 10 heteroatoms. The van der Waals surface area contributed by atoms with Crippen LogP contribution in [0.2, 0.25) is 0 Å². The van der Waals surface area contributed by atoms with Gasteiger partial charge in [-0.1, -0.05) is 0 Å². The van der Waals surface area contributed by atoms with Gasteiger partial charge in [0, 0.05) is 17.4 Å². The van der Waals surface area contributed by atoms with E-state index in [9.17, 15) is 4.79 Å². The molecule has 0 aliphatic carbocycles. The van der Waals surface area contributed by atoms with Crippen molar-refractivity contribution in [2.75, 3.05) is 12.4 Å². The second kappa shape index (κ2) is 8.39. The van der Waals surface area contributed by atoms with E-state index in [4.69, 9.17) is 9.72 Å². The van der Waals surface area contributed by atoms with Gasteiger partial charge in [-0.25, -0.2) is 14.6 Å². The van der Waals surface area contributed by atoms with E-state index in [1.165, 1.54) is 6.92 Å². The zero-order valence-electron chi connectivity index (χ0n) is 19.1. The number of pyridine rings is 1. The fourth-order valence-corrected chi connectivity index (χ4v) is 3.66. The van der Waals surface area contributed by atoms with Crippen LogP contribution >= 0.6 is 0 Å². The third-order valence-electron chi connectivity index (χ3n) is 5.38. The Labute approximate surface area is 195 Å². The maximum Gasteiger partial charge on any atom is 0.233 e. The van der Waals surface area contributed by atoms with Gasteiger partial charge in [0.15, 0.2) is 17.4 Å². The van der Waals surface area contributed by atoms with E-state index in [0.29, 0.717) is 28.9 Å². The van der Waals surface area contributed by atoms with E-state index in [0.717, 1.165) is 28.1 Å².